The number of nitrogens with zero attached hydrogens (tertiary/aromatic N) is 2. The zero-order valence-electron chi connectivity index (χ0n) is 14.0. The van der Waals surface area contributed by atoms with Gasteiger partial charge in [0.1, 0.15) is 5.69 Å². The van der Waals surface area contributed by atoms with Crippen LogP contribution in [0.15, 0.2) is 42.6 Å². The third-order valence-electron chi connectivity index (χ3n) is 3.79. The number of halogens is 1. The molecule has 1 aliphatic rings. The molecule has 136 valence electrons. The lowest BCUT2D eigenvalue weighted by molar-refractivity contribution is -0.119. The van der Waals surface area contributed by atoms with Crippen LogP contribution < -0.4 is 10.2 Å². The van der Waals surface area contributed by atoms with Crippen LogP contribution in [0.4, 0.5) is 11.4 Å². The Morgan fingerprint density at radius 1 is 1.19 bits per heavy atom. The second-order valence-corrected chi connectivity index (χ2v) is 6.07. The number of aromatic nitrogens is 1. The minimum Gasteiger partial charge on any atom is -0.451 e. The van der Waals surface area contributed by atoms with E-state index in [-0.39, 0.29) is 5.69 Å². The van der Waals surface area contributed by atoms with E-state index in [1.807, 2.05) is 24.3 Å². The van der Waals surface area contributed by atoms with E-state index < -0.39 is 18.5 Å². The molecular weight excluding hydrogens is 358 g/mol. The van der Waals surface area contributed by atoms with Gasteiger partial charge in [-0.1, -0.05) is 11.6 Å². The highest BCUT2D eigenvalue weighted by molar-refractivity contribution is 6.30. The van der Waals surface area contributed by atoms with Crippen LogP contribution in [0.3, 0.4) is 0 Å². The van der Waals surface area contributed by atoms with Gasteiger partial charge in [-0.15, -0.1) is 0 Å². The van der Waals surface area contributed by atoms with Crippen LogP contribution in [0.25, 0.3) is 0 Å². The monoisotopic (exact) mass is 375 g/mol. The number of esters is 1. The molecule has 1 amide bonds. The third kappa shape index (κ3) is 4.93. The number of carbonyl (C=O) groups excluding carboxylic acids is 2. The molecule has 0 radical (unpaired) electrons. The van der Waals surface area contributed by atoms with E-state index in [1.54, 1.807) is 6.07 Å². The van der Waals surface area contributed by atoms with Gasteiger partial charge in [-0.2, -0.15) is 0 Å². The summed E-state index contributed by atoms with van der Waals surface area (Å²) in [5, 5.41) is 3.06. The topological polar surface area (TPSA) is 80.8 Å². The summed E-state index contributed by atoms with van der Waals surface area (Å²) in [7, 11) is 0. The molecule has 1 aromatic carbocycles. The molecule has 2 aromatic rings. The fourth-order valence-corrected chi connectivity index (χ4v) is 2.66. The number of amides is 1. The van der Waals surface area contributed by atoms with Crippen LogP contribution in [-0.2, 0) is 14.3 Å². The Labute approximate surface area is 155 Å². The highest BCUT2D eigenvalue weighted by Gasteiger charge is 2.13. The molecular formula is C18H18ClN3O4. The first-order valence-corrected chi connectivity index (χ1v) is 8.51. The smallest absolute Gasteiger partial charge is 0.357 e. The Kier molecular flexibility index (Phi) is 6.04. The van der Waals surface area contributed by atoms with Gasteiger partial charge in [-0.3, -0.25) is 4.79 Å². The Morgan fingerprint density at radius 3 is 2.62 bits per heavy atom. The van der Waals surface area contributed by atoms with E-state index in [0.29, 0.717) is 23.9 Å². The van der Waals surface area contributed by atoms with Crippen LogP contribution in [0.1, 0.15) is 10.5 Å². The molecule has 7 nitrogen and oxygen atoms in total. The van der Waals surface area contributed by atoms with Gasteiger partial charge in [0.2, 0.25) is 0 Å². The maximum absolute atomic E-state index is 11.9. The summed E-state index contributed by atoms with van der Waals surface area (Å²) >= 11 is 5.79. The molecule has 8 heteroatoms. The van der Waals surface area contributed by atoms with Crippen LogP contribution in [0.5, 0.6) is 0 Å². The molecule has 0 aliphatic carbocycles. The van der Waals surface area contributed by atoms with Crippen molar-refractivity contribution in [2.75, 3.05) is 43.1 Å². The summed E-state index contributed by atoms with van der Waals surface area (Å²) in [6.07, 6.45) is 1.40. The first kappa shape index (κ1) is 18.2. The summed E-state index contributed by atoms with van der Waals surface area (Å²) in [5.74, 6) is -1.13. The van der Waals surface area contributed by atoms with Crippen LogP contribution in [0.2, 0.25) is 5.02 Å². The van der Waals surface area contributed by atoms with E-state index in [1.165, 1.54) is 12.3 Å². The van der Waals surface area contributed by atoms with Crippen LogP contribution in [0, 0.1) is 0 Å². The highest BCUT2D eigenvalue weighted by atomic mass is 35.5. The molecule has 1 aliphatic heterocycles. The highest BCUT2D eigenvalue weighted by Crippen LogP contribution is 2.19. The Bertz CT molecular complexity index is 776. The standard InChI is InChI=1S/C18H18ClN3O4/c19-13-5-6-20-16(11-13)18(24)26-12-17(23)21-14-1-3-15(4-2-14)22-7-9-25-10-8-22/h1-6,11H,7-10,12H2,(H,21,23). The molecule has 1 saturated heterocycles. The number of hydrogen-bond acceptors (Lipinski definition) is 6. The lowest BCUT2D eigenvalue weighted by Crippen LogP contribution is -2.36. The van der Waals surface area contributed by atoms with Crippen molar-refractivity contribution < 1.29 is 19.1 Å². The fraction of sp³-hybridized carbons (Fsp3) is 0.278. The number of nitrogens with one attached hydrogen (secondary N) is 1. The molecule has 0 atom stereocenters. The summed E-state index contributed by atoms with van der Waals surface area (Å²) in [6.45, 7) is 2.72. The molecule has 3 rings (SSSR count). The van der Waals surface area contributed by atoms with Crippen molar-refractivity contribution in [3.8, 4) is 0 Å². The predicted octanol–water partition coefficient (Wildman–Crippen LogP) is 2.37. The van der Waals surface area contributed by atoms with Gasteiger partial charge in [0.25, 0.3) is 5.91 Å². The van der Waals surface area contributed by atoms with Crippen molar-refractivity contribution in [1.82, 2.24) is 4.98 Å². The predicted molar refractivity (Wildman–Crippen MR) is 97.6 cm³/mol. The summed E-state index contributed by atoms with van der Waals surface area (Å²) < 4.78 is 10.3. The zero-order chi connectivity index (χ0) is 18.4. The molecule has 0 bridgehead atoms. The Hall–Kier alpha value is -2.64. The zero-order valence-corrected chi connectivity index (χ0v) is 14.7. The molecule has 1 fully saturated rings. The second kappa shape index (κ2) is 8.64. The molecule has 0 unspecified atom stereocenters. The van der Waals surface area contributed by atoms with Gasteiger partial charge >= 0.3 is 5.97 Å². The van der Waals surface area contributed by atoms with Crippen molar-refractivity contribution in [2.45, 2.75) is 0 Å². The van der Waals surface area contributed by atoms with E-state index >= 15 is 0 Å². The van der Waals surface area contributed by atoms with E-state index in [2.05, 4.69) is 15.2 Å². The molecule has 26 heavy (non-hydrogen) atoms. The maximum atomic E-state index is 11.9. The number of pyridine rings is 1. The number of benzene rings is 1. The normalized spacial score (nSPS) is 14.0. The average molecular weight is 376 g/mol. The van der Waals surface area contributed by atoms with E-state index in [0.717, 1.165) is 18.8 Å². The molecule has 2 heterocycles. The van der Waals surface area contributed by atoms with Gasteiger partial charge in [0.05, 0.1) is 13.2 Å². The third-order valence-corrected chi connectivity index (χ3v) is 4.03. The van der Waals surface area contributed by atoms with Crippen molar-refractivity contribution >= 4 is 34.9 Å². The SMILES string of the molecule is O=C(COC(=O)c1cc(Cl)ccn1)Nc1ccc(N2CCOCC2)cc1. The number of ether oxygens (including phenoxy) is 2. The minimum atomic E-state index is -0.703. The van der Waals surface area contributed by atoms with Crippen LogP contribution >= 0.6 is 11.6 Å². The van der Waals surface area contributed by atoms with Crippen molar-refractivity contribution in [1.29, 1.82) is 0 Å². The molecule has 1 aromatic heterocycles. The number of carbonyl (C=O) groups is 2. The first-order chi connectivity index (χ1) is 12.6. The van der Waals surface area contributed by atoms with Gasteiger partial charge in [-0.05, 0) is 36.4 Å². The van der Waals surface area contributed by atoms with Gasteiger partial charge in [-0.25, -0.2) is 9.78 Å². The minimum absolute atomic E-state index is 0.0557. The largest absolute Gasteiger partial charge is 0.451 e. The fourth-order valence-electron chi connectivity index (χ4n) is 2.50. The van der Waals surface area contributed by atoms with Crippen molar-refractivity contribution in [3.63, 3.8) is 0 Å². The number of hydrogen-bond donors (Lipinski definition) is 1. The van der Waals surface area contributed by atoms with Gasteiger partial charge in [0.15, 0.2) is 6.61 Å². The lowest BCUT2D eigenvalue weighted by atomic mass is 10.2. The summed E-state index contributed by atoms with van der Waals surface area (Å²) in [6, 6.07) is 10.4. The first-order valence-electron chi connectivity index (χ1n) is 8.13. The Balaban J connectivity index is 1.49. The van der Waals surface area contributed by atoms with Gasteiger partial charge < -0.3 is 19.7 Å². The quantitative estimate of drug-likeness (QED) is 0.808. The summed E-state index contributed by atoms with van der Waals surface area (Å²) in [5.41, 5.74) is 1.76. The molecule has 1 N–H and O–H groups in total. The Morgan fingerprint density at radius 2 is 1.92 bits per heavy atom. The molecule has 0 spiro atoms. The van der Waals surface area contributed by atoms with E-state index in [4.69, 9.17) is 21.1 Å². The van der Waals surface area contributed by atoms with Crippen molar-refractivity contribution in [2.24, 2.45) is 0 Å². The maximum Gasteiger partial charge on any atom is 0.357 e. The second-order valence-electron chi connectivity index (χ2n) is 5.63. The number of anilines is 2. The average Bonchev–Trinajstić information content (AvgIpc) is 2.67. The lowest BCUT2D eigenvalue weighted by Gasteiger charge is -2.28. The number of rotatable bonds is 5. The summed E-state index contributed by atoms with van der Waals surface area (Å²) in [4.78, 5) is 29.8. The number of morpholine rings is 1. The van der Waals surface area contributed by atoms with E-state index in [9.17, 15) is 9.59 Å². The van der Waals surface area contributed by atoms with Crippen LogP contribution in [-0.4, -0.2) is 49.8 Å². The van der Waals surface area contributed by atoms with Crippen molar-refractivity contribution in [3.05, 3.63) is 53.3 Å². The van der Waals surface area contributed by atoms with Gasteiger partial charge in [0, 0.05) is 35.7 Å². The molecule has 0 saturated carbocycles.